The van der Waals surface area contributed by atoms with Crippen molar-refractivity contribution < 1.29 is 8.42 Å². The third kappa shape index (κ3) is 2.45. The Morgan fingerprint density at radius 1 is 1.08 bits per heavy atom. The van der Waals surface area contributed by atoms with Gasteiger partial charge >= 0.3 is 5.69 Å². The Kier molecular flexibility index (Phi) is 3.73. The van der Waals surface area contributed by atoms with Gasteiger partial charge in [0.25, 0.3) is 15.6 Å². The Balaban J connectivity index is 1.90. The fourth-order valence-electron chi connectivity index (χ4n) is 3.32. The SMILES string of the molecule is Cn1c(=O)[nH]c2ccc(S(=O)(=O)N3CCCc4ccccc43)cc2c1=O. The number of hydrogen-bond donors (Lipinski definition) is 1. The van der Waals surface area contributed by atoms with Crippen LogP contribution in [0.4, 0.5) is 5.69 Å². The molecule has 3 aromatic rings. The fourth-order valence-corrected chi connectivity index (χ4v) is 4.89. The summed E-state index contributed by atoms with van der Waals surface area (Å²) in [5, 5.41) is 0.165. The molecule has 0 atom stereocenters. The number of anilines is 1. The number of rotatable bonds is 2. The van der Waals surface area contributed by atoms with Crippen molar-refractivity contribution in [3.05, 3.63) is 68.9 Å². The van der Waals surface area contributed by atoms with Crippen molar-refractivity contribution in [1.82, 2.24) is 9.55 Å². The first-order chi connectivity index (χ1) is 12.4. The van der Waals surface area contributed by atoms with Crippen molar-refractivity contribution in [2.75, 3.05) is 10.8 Å². The number of nitrogens with zero attached hydrogens (tertiary/aromatic N) is 2. The van der Waals surface area contributed by atoms with Crippen LogP contribution in [0.25, 0.3) is 10.9 Å². The molecule has 0 radical (unpaired) electrons. The van der Waals surface area contributed by atoms with E-state index in [0.717, 1.165) is 23.0 Å². The monoisotopic (exact) mass is 371 g/mol. The summed E-state index contributed by atoms with van der Waals surface area (Å²) >= 11 is 0. The van der Waals surface area contributed by atoms with E-state index in [1.807, 2.05) is 18.2 Å². The molecule has 0 unspecified atom stereocenters. The summed E-state index contributed by atoms with van der Waals surface area (Å²) in [5.41, 5.74) is 0.913. The number of nitrogens with one attached hydrogen (secondary N) is 1. The predicted molar refractivity (Wildman–Crippen MR) is 99.1 cm³/mol. The lowest BCUT2D eigenvalue weighted by atomic mass is 10.0. The molecular formula is C18H17N3O4S. The van der Waals surface area contributed by atoms with Crippen LogP contribution in [0.5, 0.6) is 0 Å². The minimum absolute atomic E-state index is 0.0332. The van der Waals surface area contributed by atoms with E-state index in [9.17, 15) is 18.0 Å². The molecule has 26 heavy (non-hydrogen) atoms. The molecule has 2 aromatic carbocycles. The second-order valence-electron chi connectivity index (χ2n) is 6.31. The lowest BCUT2D eigenvalue weighted by molar-refractivity contribution is 0.586. The lowest BCUT2D eigenvalue weighted by Crippen LogP contribution is -2.36. The van der Waals surface area contributed by atoms with Crippen LogP contribution < -0.4 is 15.6 Å². The lowest BCUT2D eigenvalue weighted by Gasteiger charge is -2.30. The molecule has 8 heteroatoms. The van der Waals surface area contributed by atoms with Crippen LogP contribution in [0.3, 0.4) is 0 Å². The number of aromatic nitrogens is 2. The van der Waals surface area contributed by atoms with Gasteiger partial charge in [-0.25, -0.2) is 13.2 Å². The number of benzene rings is 2. The highest BCUT2D eigenvalue weighted by molar-refractivity contribution is 7.92. The first kappa shape index (κ1) is 16.6. The molecule has 0 aliphatic carbocycles. The van der Waals surface area contributed by atoms with Crippen molar-refractivity contribution in [2.45, 2.75) is 17.7 Å². The van der Waals surface area contributed by atoms with E-state index in [2.05, 4.69) is 4.98 Å². The molecule has 1 N–H and O–H groups in total. The standard InChI is InChI=1S/C18H17N3O4S/c1-20-17(22)14-11-13(8-9-15(14)19-18(20)23)26(24,25)21-10-4-6-12-5-2-3-7-16(12)21/h2-3,5,7-9,11H,4,6,10H2,1H3,(H,19,23). The van der Waals surface area contributed by atoms with E-state index in [1.165, 1.54) is 29.6 Å². The average Bonchev–Trinajstić information content (AvgIpc) is 2.65. The van der Waals surface area contributed by atoms with Gasteiger partial charge in [0.2, 0.25) is 0 Å². The van der Waals surface area contributed by atoms with Crippen molar-refractivity contribution in [1.29, 1.82) is 0 Å². The largest absolute Gasteiger partial charge is 0.328 e. The van der Waals surface area contributed by atoms with Crippen LogP contribution in [0.1, 0.15) is 12.0 Å². The van der Waals surface area contributed by atoms with Crippen LogP contribution in [-0.2, 0) is 23.5 Å². The van der Waals surface area contributed by atoms with Gasteiger partial charge in [-0.3, -0.25) is 13.7 Å². The summed E-state index contributed by atoms with van der Waals surface area (Å²) in [6.45, 7) is 0.390. The van der Waals surface area contributed by atoms with Crippen LogP contribution in [-0.4, -0.2) is 24.5 Å². The van der Waals surface area contributed by atoms with E-state index < -0.39 is 21.3 Å². The highest BCUT2D eigenvalue weighted by Crippen LogP contribution is 2.32. The smallest absolute Gasteiger partial charge is 0.307 e. The molecule has 0 fully saturated rings. The van der Waals surface area contributed by atoms with E-state index in [0.29, 0.717) is 17.7 Å². The van der Waals surface area contributed by atoms with Gasteiger partial charge in [0.1, 0.15) is 0 Å². The van der Waals surface area contributed by atoms with Gasteiger partial charge in [-0.2, -0.15) is 0 Å². The van der Waals surface area contributed by atoms with Crippen molar-refractivity contribution >= 4 is 26.6 Å². The minimum Gasteiger partial charge on any atom is -0.307 e. The van der Waals surface area contributed by atoms with Crippen LogP contribution in [0.15, 0.2) is 56.9 Å². The van der Waals surface area contributed by atoms with Crippen molar-refractivity contribution in [2.24, 2.45) is 7.05 Å². The van der Waals surface area contributed by atoms with Crippen molar-refractivity contribution in [3.63, 3.8) is 0 Å². The number of aromatic amines is 1. The topological polar surface area (TPSA) is 92.2 Å². The Bertz CT molecular complexity index is 1240. The maximum Gasteiger partial charge on any atom is 0.328 e. The highest BCUT2D eigenvalue weighted by atomic mass is 32.2. The molecule has 7 nitrogen and oxygen atoms in total. The summed E-state index contributed by atoms with van der Waals surface area (Å²) < 4.78 is 28.7. The molecule has 2 heterocycles. The molecule has 1 aromatic heterocycles. The van der Waals surface area contributed by atoms with Gasteiger partial charge in [-0.1, -0.05) is 18.2 Å². The van der Waals surface area contributed by atoms with Gasteiger partial charge in [0, 0.05) is 13.6 Å². The van der Waals surface area contributed by atoms with Gasteiger partial charge < -0.3 is 4.98 Å². The van der Waals surface area contributed by atoms with E-state index in [1.54, 1.807) is 6.07 Å². The third-order valence-corrected chi connectivity index (χ3v) is 6.54. The van der Waals surface area contributed by atoms with E-state index in [-0.39, 0.29) is 10.3 Å². The molecule has 134 valence electrons. The van der Waals surface area contributed by atoms with E-state index in [4.69, 9.17) is 0 Å². The number of para-hydroxylation sites is 1. The van der Waals surface area contributed by atoms with Crippen molar-refractivity contribution in [3.8, 4) is 0 Å². The zero-order chi connectivity index (χ0) is 18.5. The quantitative estimate of drug-likeness (QED) is 0.736. The summed E-state index contributed by atoms with van der Waals surface area (Å²) in [6, 6.07) is 11.6. The van der Waals surface area contributed by atoms with Crippen LogP contribution in [0, 0.1) is 0 Å². The summed E-state index contributed by atoms with van der Waals surface area (Å²) in [6.07, 6.45) is 1.57. The number of aryl methyl sites for hydroxylation is 1. The molecule has 0 amide bonds. The second kappa shape index (κ2) is 5.84. The zero-order valence-corrected chi connectivity index (χ0v) is 14.9. The van der Waals surface area contributed by atoms with E-state index >= 15 is 0 Å². The Hall–Kier alpha value is -2.87. The molecule has 0 saturated carbocycles. The molecule has 1 aliphatic heterocycles. The van der Waals surface area contributed by atoms with Crippen LogP contribution in [0.2, 0.25) is 0 Å². The Labute approximate surface area is 149 Å². The van der Waals surface area contributed by atoms with Crippen LogP contribution >= 0.6 is 0 Å². The number of fused-ring (bicyclic) bond motifs is 2. The summed E-state index contributed by atoms with van der Waals surface area (Å²) in [4.78, 5) is 26.6. The number of sulfonamides is 1. The van der Waals surface area contributed by atoms with Gasteiger partial charge in [0.05, 0.1) is 21.5 Å². The maximum absolute atomic E-state index is 13.2. The Morgan fingerprint density at radius 2 is 1.85 bits per heavy atom. The average molecular weight is 371 g/mol. The summed E-state index contributed by atoms with van der Waals surface area (Å²) in [7, 11) is -2.46. The number of hydrogen-bond acceptors (Lipinski definition) is 4. The molecule has 0 spiro atoms. The fraction of sp³-hybridized carbons (Fsp3) is 0.222. The molecule has 0 bridgehead atoms. The third-order valence-electron chi connectivity index (χ3n) is 4.73. The summed E-state index contributed by atoms with van der Waals surface area (Å²) in [5.74, 6) is 0. The maximum atomic E-state index is 13.2. The normalized spacial score (nSPS) is 14.4. The van der Waals surface area contributed by atoms with Gasteiger partial charge in [-0.15, -0.1) is 0 Å². The number of H-pyrrole nitrogens is 1. The molecule has 0 saturated heterocycles. The predicted octanol–water partition coefficient (Wildman–Crippen LogP) is 1.37. The highest BCUT2D eigenvalue weighted by Gasteiger charge is 2.29. The Morgan fingerprint density at radius 3 is 2.65 bits per heavy atom. The minimum atomic E-state index is -3.81. The first-order valence-corrected chi connectivity index (χ1v) is 9.67. The molecular weight excluding hydrogens is 354 g/mol. The second-order valence-corrected chi connectivity index (χ2v) is 8.17. The zero-order valence-electron chi connectivity index (χ0n) is 14.1. The van der Waals surface area contributed by atoms with Gasteiger partial charge in [0.15, 0.2) is 0 Å². The molecule has 4 rings (SSSR count). The van der Waals surface area contributed by atoms with Gasteiger partial charge in [-0.05, 0) is 42.7 Å². The first-order valence-electron chi connectivity index (χ1n) is 8.23. The molecule has 1 aliphatic rings.